The first-order valence-corrected chi connectivity index (χ1v) is 19.0. The van der Waals surface area contributed by atoms with E-state index in [1.807, 2.05) is 0 Å². The number of furan rings is 1. The van der Waals surface area contributed by atoms with Crippen molar-refractivity contribution >= 4 is 54.3 Å². The zero-order valence-electron chi connectivity index (χ0n) is 29.9. The normalized spacial score (nSPS) is 12.0. The van der Waals surface area contributed by atoms with Gasteiger partial charge in [-0.3, -0.25) is 0 Å². The van der Waals surface area contributed by atoms with Gasteiger partial charge >= 0.3 is 0 Å². The Morgan fingerprint density at radius 1 is 0.200 bits per heavy atom. The summed E-state index contributed by atoms with van der Waals surface area (Å²) in [6.07, 6.45) is 0. The molecule has 0 fully saturated rings. The van der Waals surface area contributed by atoms with E-state index in [0.717, 1.165) is 21.9 Å². The molecule has 0 saturated heterocycles. The monoisotopic (exact) mass is 696 g/mol. The lowest BCUT2D eigenvalue weighted by molar-refractivity contribution is 0.669. The van der Waals surface area contributed by atoms with Gasteiger partial charge in [-0.05, 0) is 135 Å². The lowest BCUT2D eigenvalue weighted by Crippen LogP contribution is -1.97. The fourth-order valence-corrected chi connectivity index (χ4v) is 9.26. The Bertz CT molecular complexity index is 3340. The van der Waals surface area contributed by atoms with E-state index >= 15 is 0 Å². The first-order valence-electron chi connectivity index (χ1n) is 19.0. The average molecular weight is 697 g/mol. The van der Waals surface area contributed by atoms with Gasteiger partial charge in [-0.1, -0.05) is 158 Å². The van der Waals surface area contributed by atoms with Crippen molar-refractivity contribution in [2.45, 2.75) is 0 Å². The molecule has 12 rings (SSSR count). The summed E-state index contributed by atoms with van der Waals surface area (Å²) in [5, 5.41) is 9.96. The van der Waals surface area contributed by atoms with Crippen molar-refractivity contribution in [3.8, 4) is 66.8 Å². The van der Waals surface area contributed by atoms with Gasteiger partial charge in [0, 0.05) is 10.8 Å². The van der Waals surface area contributed by atoms with Crippen LogP contribution in [0.4, 0.5) is 0 Å². The van der Waals surface area contributed by atoms with Crippen LogP contribution in [0, 0.1) is 0 Å². The molecule has 1 heterocycles. The van der Waals surface area contributed by atoms with Crippen molar-refractivity contribution in [1.29, 1.82) is 0 Å². The molecular formula is C54H32O. The zero-order valence-corrected chi connectivity index (χ0v) is 29.9. The van der Waals surface area contributed by atoms with Gasteiger partial charge in [0.25, 0.3) is 0 Å². The van der Waals surface area contributed by atoms with Gasteiger partial charge in [0.15, 0.2) is 0 Å². The molecule has 0 radical (unpaired) electrons. The van der Waals surface area contributed by atoms with Crippen LogP contribution in [-0.2, 0) is 0 Å². The fraction of sp³-hybridized carbons (Fsp3) is 0. The highest BCUT2D eigenvalue weighted by molar-refractivity contribution is 6.26. The maximum absolute atomic E-state index is 6.45. The number of rotatable bonds is 2. The van der Waals surface area contributed by atoms with Crippen LogP contribution < -0.4 is 0 Å². The third-order valence-electron chi connectivity index (χ3n) is 11.8. The smallest absolute Gasteiger partial charge is 0.135 e. The minimum absolute atomic E-state index is 0.897. The van der Waals surface area contributed by atoms with Crippen LogP contribution in [0.1, 0.15) is 0 Å². The number of benzene rings is 10. The summed E-state index contributed by atoms with van der Waals surface area (Å²) < 4.78 is 6.45. The van der Waals surface area contributed by atoms with Gasteiger partial charge in [-0.2, -0.15) is 0 Å². The highest BCUT2D eigenvalue weighted by Crippen LogP contribution is 2.49. The Balaban J connectivity index is 1.02. The molecule has 0 saturated carbocycles. The van der Waals surface area contributed by atoms with Crippen LogP contribution in [0.3, 0.4) is 0 Å². The molecule has 10 aromatic carbocycles. The largest absolute Gasteiger partial charge is 0.456 e. The van der Waals surface area contributed by atoms with Crippen LogP contribution in [0.5, 0.6) is 0 Å². The first kappa shape index (κ1) is 30.3. The number of hydrogen-bond donors (Lipinski definition) is 0. The van der Waals surface area contributed by atoms with Crippen molar-refractivity contribution in [2.75, 3.05) is 0 Å². The predicted octanol–water partition coefficient (Wildman–Crippen LogP) is 15.4. The van der Waals surface area contributed by atoms with E-state index in [-0.39, 0.29) is 0 Å². The van der Waals surface area contributed by atoms with E-state index in [4.69, 9.17) is 4.42 Å². The molecule has 1 heteroatoms. The second kappa shape index (κ2) is 11.6. The highest BCUT2D eigenvalue weighted by Gasteiger charge is 2.22. The second-order valence-corrected chi connectivity index (χ2v) is 14.8. The molecular weight excluding hydrogens is 665 g/mol. The minimum atomic E-state index is 0.897. The molecule has 0 amide bonds. The summed E-state index contributed by atoms with van der Waals surface area (Å²) in [6, 6.07) is 71.2. The number of fused-ring (bicyclic) bond motifs is 17. The molecule has 1 aliphatic rings. The van der Waals surface area contributed by atoms with E-state index in [2.05, 4.69) is 194 Å². The van der Waals surface area contributed by atoms with Crippen LogP contribution >= 0.6 is 0 Å². The Kier molecular flexibility index (Phi) is 6.40. The molecule has 0 bridgehead atoms. The number of hydrogen-bond acceptors (Lipinski definition) is 1. The van der Waals surface area contributed by atoms with E-state index in [9.17, 15) is 0 Å². The summed E-state index contributed by atoms with van der Waals surface area (Å²) in [5.41, 5.74) is 16.6. The van der Waals surface area contributed by atoms with Crippen molar-refractivity contribution in [1.82, 2.24) is 0 Å². The van der Waals surface area contributed by atoms with Crippen LogP contribution in [0.25, 0.3) is 121 Å². The molecule has 0 unspecified atom stereocenters. The molecule has 11 aromatic rings. The first-order chi connectivity index (χ1) is 27.3. The SMILES string of the molecule is c1ccc2c(c1)-c1ccccc1-c1ccc(-c3ccc4oc5ccc(-c6ccc7c8ccccc8c8ccccc8c7c6)cc5c4c3)cc1-c1ccccc1-2. The molecule has 55 heavy (non-hydrogen) atoms. The summed E-state index contributed by atoms with van der Waals surface area (Å²) >= 11 is 0. The topological polar surface area (TPSA) is 13.1 Å². The van der Waals surface area contributed by atoms with Crippen LogP contribution in [0.15, 0.2) is 199 Å². The van der Waals surface area contributed by atoms with E-state index in [1.54, 1.807) is 0 Å². The summed E-state index contributed by atoms with van der Waals surface area (Å²) in [5.74, 6) is 0. The van der Waals surface area contributed by atoms with Crippen LogP contribution in [0.2, 0.25) is 0 Å². The molecule has 1 nitrogen and oxygen atoms in total. The third kappa shape index (κ3) is 4.54. The Hall–Kier alpha value is -7.22. The van der Waals surface area contributed by atoms with E-state index < -0.39 is 0 Å². The maximum Gasteiger partial charge on any atom is 0.135 e. The zero-order chi connectivity index (χ0) is 36.0. The van der Waals surface area contributed by atoms with Gasteiger partial charge in [0.2, 0.25) is 0 Å². The summed E-state index contributed by atoms with van der Waals surface area (Å²) in [4.78, 5) is 0. The van der Waals surface area contributed by atoms with Gasteiger partial charge in [-0.25, -0.2) is 0 Å². The molecule has 1 aromatic heterocycles. The predicted molar refractivity (Wildman–Crippen MR) is 232 cm³/mol. The van der Waals surface area contributed by atoms with Crippen molar-refractivity contribution in [3.05, 3.63) is 194 Å². The van der Waals surface area contributed by atoms with Crippen LogP contribution in [-0.4, -0.2) is 0 Å². The molecule has 0 N–H and O–H groups in total. The Morgan fingerprint density at radius 2 is 0.509 bits per heavy atom. The maximum atomic E-state index is 6.45. The quantitative estimate of drug-likeness (QED) is 0.164. The molecule has 1 aliphatic carbocycles. The fourth-order valence-electron chi connectivity index (χ4n) is 9.26. The van der Waals surface area contributed by atoms with Gasteiger partial charge < -0.3 is 4.42 Å². The third-order valence-corrected chi connectivity index (χ3v) is 11.8. The van der Waals surface area contributed by atoms with E-state index in [1.165, 1.54) is 99.1 Å². The van der Waals surface area contributed by atoms with Gasteiger partial charge in [0.1, 0.15) is 11.2 Å². The summed E-state index contributed by atoms with van der Waals surface area (Å²) in [7, 11) is 0. The van der Waals surface area contributed by atoms with Crippen molar-refractivity contribution in [2.24, 2.45) is 0 Å². The van der Waals surface area contributed by atoms with Crippen molar-refractivity contribution in [3.63, 3.8) is 0 Å². The van der Waals surface area contributed by atoms with E-state index in [0.29, 0.717) is 0 Å². The van der Waals surface area contributed by atoms with Gasteiger partial charge in [-0.15, -0.1) is 0 Å². The average Bonchev–Trinajstić information content (AvgIpc) is 3.63. The van der Waals surface area contributed by atoms with Crippen molar-refractivity contribution < 1.29 is 4.42 Å². The Morgan fingerprint density at radius 3 is 0.982 bits per heavy atom. The standard InChI is InChI=1S/C54H32O/c1-2-12-38-37(11-1)39-13-3-5-17-43(39)47-25-21-33(29-49(47)45-19-9-7-15-41(38)45)35-23-27-53-51(31-35)52-32-36(24-28-54(52)55-53)34-22-26-48-44-18-6-4-14-40(44)42-16-8-10-20-46(42)50(48)30-34/h1-32H. The highest BCUT2D eigenvalue weighted by atomic mass is 16.3. The lowest BCUT2D eigenvalue weighted by atomic mass is 9.80. The second-order valence-electron chi connectivity index (χ2n) is 14.8. The minimum Gasteiger partial charge on any atom is -0.456 e. The molecule has 0 spiro atoms. The summed E-state index contributed by atoms with van der Waals surface area (Å²) in [6.45, 7) is 0. The van der Waals surface area contributed by atoms with Gasteiger partial charge in [0.05, 0.1) is 0 Å². The lowest BCUT2D eigenvalue weighted by Gasteiger charge is -2.23. The molecule has 0 atom stereocenters. The Labute approximate surface area is 318 Å². The molecule has 0 aliphatic heterocycles. The molecule has 254 valence electrons.